The fraction of sp³-hybridized carbons (Fsp3) is 0. The molecule has 5 rings (SSSR count). The van der Waals surface area contributed by atoms with Gasteiger partial charge in [-0.2, -0.15) is 0 Å². The van der Waals surface area contributed by atoms with Gasteiger partial charge < -0.3 is 5.11 Å². The first-order valence-corrected chi connectivity index (χ1v) is 7.36. The molecule has 1 aliphatic carbocycles. The van der Waals surface area contributed by atoms with E-state index < -0.39 is 0 Å². The van der Waals surface area contributed by atoms with Crippen molar-refractivity contribution in [3.8, 4) is 22.6 Å². The zero-order valence-corrected chi connectivity index (χ0v) is 12.0. The maximum absolute atomic E-state index is 11.7. The van der Waals surface area contributed by atoms with Gasteiger partial charge in [0.15, 0.2) is 5.78 Å². The molecule has 0 saturated carbocycles. The van der Waals surface area contributed by atoms with Crippen molar-refractivity contribution in [3.63, 3.8) is 0 Å². The van der Waals surface area contributed by atoms with Crippen LogP contribution in [0.2, 0.25) is 0 Å². The highest BCUT2D eigenvalue weighted by Crippen LogP contribution is 2.41. The van der Waals surface area contributed by atoms with E-state index in [4.69, 9.17) is 4.42 Å². The summed E-state index contributed by atoms with van der Waals surface area (Å²) in [5.41, 5.74) is 3.57. The first kappa shape index (κ1) is 12.4. The number of fused-ring (bicyclic) bond motifs is 7. The van der Waals surface area contributed by atoms with Crippen LogP contribution in [0.1, 0.15) is 5.56 Å². The number of ketones is 1. The normalized spacial score (nSPS) is 14.0. The number of benzene rings is 3. The molecule has 1 aliphatic heterocycles. The van der Waals surface area contributed by atoms with Crippen LogP contribution in [0.25, 0.3) is 34.1 Å². The molecule has 3 aromatic rings. The summed E-state index contributed by atoms with van der Waals surface area (Å²) < 4.78 is 6.11. The minimum atomic E-state index is -0.0443. The zero-order valence-electron chi connectivity index (χ0n) is 12.0. The first-order valence-electron chi connectivity index (χ1n) is 7.36. The van der Waals surface area contributed by atoms with Gasteiger partial charge in [-0.1, -0.05) is 36.4 Å². The third-order valence-corrected chi connectivity index (χ3v) is 4.38. The van der Waals surface area contributed by atoms with Crippen LogP contribution in [0.5, 0.6) is 11.5 Å². The van der Waals surface area contributed by atoms with Crippen LogP contribution < -0.4 is 15.8 Å². The van der Waals surface area contributed by atoms with Gasteiger partial charge in [-0.15, -0.1) is 5.75 Å². The molecular formula is C20H10O3. The van der Waals surface area contributed by atoms with Crippen molar-refractivity contribution in [1.82, 2.24) is 0 Å². The number of hydrogen-bond acceptors (Lipinski definition) is 2. The van der Waals surface area contributed by atoms with E-state index in [1.54, 1.807) is 36.4 Å². The van der Waals surface area contributed by atoms with E-state index in [0.29, 0.717) is 11.2 Å². The fourth-order valence-corrected chi connectivity index (χ4v) is 3.29. The summed E-state index contributed by atoms with van der Waals surface area (Å²) in [5, 5.41) is 14.3. The Hall–Kier alpha value is -3.20. The van der Waals surface area contributed by atoms with Crippen molar-refractivity contribution >= 4 is 28.7 Å². The quantitative estimate of drug-likeness (QED) is 0.468. The predicted octanol–water partition coefficient (Wildman–Crippen LogP) is 2.30. The van der Waals surface area contributed by atoms with Crippen LogP contribution in [0, 0.1) is 0 Å². The number of rotatable bonds is 0. The smallest absolute Gasteiger partial charge is 0.369 e. The Bertz CT molecular complexity index is 1180. The Morgan fingerprint density at radius 1 is 0.913 bits per heavy atom. The monoisotopic (exact) mass is 298 g/mol. The van der Waals surface area contributed by atoms with E-state index >= 15 is 0 Å². The Labute approximate surface area is 131 Å². The van der Waals surface area contributed by atoms with Crippen molar-refractivity contribution in [2.75, 3.05) is 0 Å². The Balaban J connectivity index is 1.94. The van der Waals surface area contributed by atoms with Gasteiger partial charge in [0.05, 0.1) is 21.7 Å². The van der Waals surface area contributed by atoms with Gasteiger partial charge in [-0.3, -0.25) is 4.79 Å². The van der Waals surface area contributed by atoms with Crippen LogP contribution in [-0.4, -0.2) is 5.78 Å². The number of allylic oxidation sites excluding steroid dienone is 1. The summed E-state index contributed by atoms with van der Waals surface area (Å²) in [6, 6.07) is 12.9. The SMILES string of the molecule is O=C1C=Cc2ccc3c(c2=C1)=[O+]c1c-3ccc2ccc([O-])cc12. The van der Waals surface area contributed by atoms with Crippen molar-refractivity contribution in [1.29, 1.82) is 0 Å². The van der Waals surface area contributed by atoms with Crippen LogP contribution in [0.4, 0.5) is 0 Å². The molecule has 0 N–H and O–H groups in total. The molecule has 0 aromatic heterocycles. The highest BCUT2D eigenvalue weighted by molar-refractivity contribution is 6.17. The molecule has 0 saturated heterocycles. The molecule has 1 heterocycles. The lowest BCUT2D eigenvalue weighted by Gasteiger charge is -2.05. The van der Waals surface area contributed by atoms with E-state index in [1.165, 1.54) is 0 Å². The molecule has 108 valence electrons. The van der Waals surface area contributed by atoms with Gasteiger partial charge >= 0.3 is 11.2 Å². The van der Waals surface area contributed by atoms with Crippen molar-refractivity contribution < 1.29 is 9.90 Å². The first-order chi connectivity index (χ1) is 11.2. The standard InChI is InChI=1S/C20H10O3/c21-13-5-1-11-3-7-15-16-8-4-12-2-6-14(22)10-18(12)20(16)23-19(15)17(11)9-13/h1-10H. The Morgan fingerprint density at radius 2 is 1.74 bits per heavy atom. The Kier molecular flexibility index (Phi) is 2.24. The molecule has 3 nitrogen and oxygen atoms in total. The molecule has 0 bridgehead atoms. The largest absolute Gasteiger partial charge is 0.872 e. The van der Waals surface area contributed by atoms with Gasteiger partial charge in [0.1, 0.15) is 0 Å². The van der Waals surface area contributed by atoms with E-state index in [-0.39, 0.29) is 11.5 Å². The minimum Gasteiger partial charge on any atom is -0.872 e. The summed E-state index contributed by atoms with van der Waals surface area (Å²) >= 11 is 0. The summed E-state index contributed by atoms with van der Waals surface area (Å²) in [5.74, 6) is 0.605. The molecule has 0 spiro atoms. The van der Waals surface area contributed by atoms with Gasteiger partial charge in [0, 0.05) is 6.08 Å². The minimum absolute atomic E-state index is 0.0443. The lowest BCUT2D eigenvalue weighted by Crippen LogP contribution is -2.30. The van der Waals surface area contributed by atoms with Gasteiger partial charge in [0.2, 0.25) is 0 Å². The van der Waals surface area contributed by atoms with E-state index in [9.17, 15) is 9.90 Å². The lowest BCUT2D eigenvalue weighted by atomic mass is 9.97. The average molecular weight is 298 g/mol. The topological polar surface area (TPSA) is 51.4 Å². The Morgan fingerprint density at radius 3 is 2.65 bits per heavy atom. The maximum atomic E-state index is 11.7. The lowest BCUT2D eigenvalue weighted by molar-refractivity contribution is -0.268. The molecule has 23 heavy (non-hydrogen) atoms. The molecule has 3 heteroatoms. The van der Waals surface area contributed by atoms with Crippen LogP contribution in [-0.2, 0) is 4.79 Å². The van der Waals surface area contributed by atoms with E-state index in [0.717, 1.165) is 32.7 Å². The third-order valence-electron chi connectivity index (χ3n) is 4.38. The van der Waals surface area contributed by atoms with Gasteiger partial charge in [0.25, 0.3) is 0 Å². The van der Waals surface area contributed by atoms with E-state index in [1.807, 2.05) is 24.3 Å². The predicted molar refractivity (Wildman–Crippen MR) is 88.3 cm³/mol. The van der Waals surface area contributed by atoms with E-state index in [2.05, 4.69) is 0 Å². The second-order valence-corrected chi connectivity index (χ2v) is 5.75. The average Bonchev–Trinajstić information content (AvgIpc) is 2.94. The van der Waals surface area contributed by atoms with Gasteiger partial charge in [-0.25, -0.2) is 4.42 Å². The van der Waals surface area contributed by atoms with Crippen molar-refractivity contribution in [2.24, 2.45) is 0 Å². The summed E-state index contributed by atoms with van der Waals surface area (Å²) in [6.07, 6.45) is 4.95. The summed E-state index contributed by atoms with van der Waals surface area (Å²) in [4.78, 5) is 11.7. The number of carbonyl (C=O) groups is 1. The maximum Gasteiger partial charge on any atom is 0.369 e. The molecule has 2 aliphatic rings. The third kappa shape index (κ3) is 1.64. The van der Waals surface area contributed by atoms with Gasteiger partial charge in [-0.05, 0) is 29.2 Å². The van der Waals surface area contributed by atoms with Crippen LogP contribution in [0.3, 0.4) is 0 Å². The highest BCUT2D eigenvalue weighted by atomic mass is 16.4. The second kappa shape index (κ2) is 4.17. The molecule has 0 fully saturated rings. The molecular weight excluding hydrogens is 288 g/mol. The number of carbonyl (C=O) groups excluding carboxylic acids is 1. The summed E-state index contributed by atoms with van der Waals surface area (Å²) in [7, 11) is 0. The van der Waals surface area contributed by atoms with Crippen LogP contribution in [0.15, 0.2) is 53.0 Å². The number of hydrogen-bond donors (Lipinski definition) is 0. The van der Waals surface area contributed by atoms with Crippen LogP contribution >= 0.6 is 0 Å². The highest BCUT2D eigenvalue weighted by Gasteiger charge is 2.30. The molecule has 0 atom stereocenters. The summed E-state index contributed by atoms with van der Waals surface area (Å²) in [6.45, 7) is 0. The zero-order chi connectivity index (χ0) is 15.6. The molecule has 0 amide bonds. The second-order valence-electron chi connectivity index (χ2n) is 5.75. The van der Waals surface area contributed by atoms with Crippen molar-refractivity contribution in [2.45, 2.75) is 0 Å². The molecule has 0 unspecified atom stereocenters. The fourth-order valence-electron chi connectivity index (χ4n) is 3.29. The van der Waals surface area contributed by atoms with Crippen molar-refractivity contribution in [3.05, 3.63) is 69.2 Å². The molecule has 0 radical (unpaired) electrons. The molecule has 3 aromatic carbocycles.